The van der Waals surface area contributed by atoms with E-state index in [0.29, 0.717) is 5.02 Å². The molecule has 19 heavy (non-hydrogen) atoms. The van der Waals surface area contributed by atoms with Crippen molar-refractivity contribution in [1.82, 2.24) is 15.3 Å². The minimum Gasteiger partial charge on any atom is -0.307 e. The molecule has 2 heterocycles. The van der Waals surface area contributed by atoms with E-state index in [2.05, 4.69) is 36.1 Å². The maximum atomic E-state index is 5.85. The van der Waals surface area contributed by atoms with Gasteiger partial charge in [0.05, 0.1) is 16.4 Å². The number of pyridine rings is 1. The summed E-state index contributed by atoms with van der Waals surface area (Å²) in [6.45, 7) is 9.34. The number of hydrogen-bond donors (Lipinski definition) is 1. The van der Waals surface area contributed by atoms with Gasteiger partial charge < -0.3 is 5.32 Å². The van der Waals surface area contributed by atoms with Crippen LogP contribution in [-0.2, 0) is 6.54 Å². The van der Waals surface area contributed by atoms with Gasteiger partial charge in [0, 0.05) is 23.2 Å². The highest BCUT2D eigenvalue weighted by Gasteiger charge is 2.13. The van der Waals surface area contributed by atoms with Crippen molar-refractivity contribution in [3.8, 4) is 10.7 Å². The molecular formula is C14H18ClN3S. The molecule has 0 amide bonds. The van der Waals surface area contributed by atoms with Gasteiger partial charge in [0.15, 0.2) is 0 Å². The molecule has 0 spiro atoms. The molecule has 3 nitrogen and oxygen atoms in total. The van der Waals surface area contributed by atoms with Crippen LogP contribution < -0.4 is 5.32 Å². The Morgan fingerprint density at radius 3 is 2.63 bits per heavy atom. The molecule has 0 aliphatic heterocycles. The number of aromatic nitrogens is 2. The lowest BCUT2D eigenvalue weighted by atomic mass is 10.1. The minimum atomic E-state index is 0.106. The Morgan fingerprint density at radius 2 is 2.05 bits per heavy atom. The number of halogens is 1. The molecule has 0 unspecified atom stereocenters. The second-order valence-corrected chi connectivity index (χ2v) is 7.01. The van der Waals surface area contributed by atoms with Crippen LogP contribution in [0.5, 0.6) is 0 Å². The molecule has 2 rings (SSSR count). The third-order valence-electron chi connectivity index (χ3n) is 2.62. The lowest BCUT2D eigenvalue weighted by Crippen LogP contribution is -2.34. The number of nitrogens with zero attached hydrogens (tertiary/aromatic N) is 2. The summed E-state index contributed by atoms with van der Waals surface area (Å²) in [5, 5.41) is 5.07. The molecule has 5 heteroatoms. The fraction of sp³-hybridized carbons (Fsp3) is 0.429. The second kappa shape index (κ2) is 5.57. The van der Waals surface area contributed by atoms with Crippen LogP contribution in [0.1, 0.15) is 31.3 Å². The summed E-state index contributed by atoms with van der Waals surface area (Å²) in [7, 11) is 0. The number of thiazole rings is 1. The summed E-state index contributed by atoms with van der Waals surface area (Å²) in [5.41, 5.74) is 2.04. The highest BCUT2D eigenvalue weighted by molar-refractivity contribution is 7.15. The highest BCUT2D eigenvalue weighted by Crippen LogP contribution is 2.27. The zero-order chi connectivity index (χ0) is 14.0. The Kier molecular flexibility index (Phi) is 4.23. The minimum absolute atomic E-state index is 0.106. The van der Waals surface area contributed by atoms with E-state index in [-0.39, 0.29) is 5.54 Å². The van der Waals surface area contributed by atoms with Crippen molar-refractivity contribution in [1.29, 1.82) is 0 Å². The van der Waals surface area contributed by atoms with Crippen molar-refractivity contribution in [3.05, 3.63) is 33.9 Å². The molecule has 0 aliphatic carbocycles. The van der Waals surface area contributed by atoms with Gasteiger partial charge >= 0.3 is 0 Å². The van der Waals surface area contributed by atoms with Gasteiger partial charge in [-0.3, -0.25) is 4.98 Å². The Labute approximate surface area is 123 Å². The van der Waals surface area contributed by atoms with Gasteiger partial charge in [-0.25, -0.2) is 4.98 Å². The molecule has 0 bridgehead atoms. The number of nitrogens with one attached hydrogen (secondary N) is 1. The first-order valence-electron chi connectivity index (χ1n) is 6.18. The van der Waals surface area contributed by atoms with Crippen LogP contribution in [0.25, 0.3) is 10.7 Å². The van der Waals surface area contributed by atoms with Crippen molar-refractivity contribution in [3.63, 3.8) is 0 Å². The number of hydrogen-bond acceptors (Lipinski definition) is 4. The number of aryl methyl sites for hydroxylation is 1. The molecule has 0 saturated carbocycles. The van der Waals surface area contributed by atoms with E-state index in [0.717, 1.165) is 22.9 Å². The van der Waals surface area contributed by atoms with Crippen molar-refractivity contribution in [2.75, 3.05) is 0 Å². The van der Waals surface area contributed by atoms with Gasteiger partial charge in [-0.05, 0) is 39.8 Å². The van der Waals surface area contributed by atoms with Crippen LogP contribution in [0.3, 0.4) is 0 Å². The first-order chi connectivity index (χ1) is 8.85. The third-order valence-corrected chi connectivity index (χ3v) is 4.02. The average Bonchev–Trinajstić information content (AvgIpc) is 2.68. The molecule has 2 aromatic rings. The Morgan fingerprint density at radius 1 is 1.32 bits per heavy atom. The monoisotopic (exact) mass is 295 g/mol. The first-order valence-corrected chi connectivity index (χ1v) is 7.38. The van der Waals surface area contributed by atoms with Crippen LogP contribution in [0.4, 0.5) is 0 Å². The van der Waals surface area contributed by atoms with Gasteiger partial charge in [0.25, 0.3) is 0 Å². The van der Waals surface area contributed by atoms with Crippen LogP contribution in [0.2, 0.25) is 5.02 Å². The fourth-order valence-corrected chi connectivity index (χ4v) is 2.64. The van der Waals surface area contributed by atoms with Crippen molar-refractivity contribution >= 4 is 22.9 Å². The largest absolute Gasteiger partial charge is 0.307 e. The van der Waals surface area contributed by atoms with E-state index in [9.17, 15) is 0 Å². The smallest absolute Gasteiger partial charge is 0.142 e. The van der Waals surface area contributed by atoms with Crippen LogP contribution in [-0.4, -0.2) is 15.5 Å². The molecule has 0 radical (unpaired) electrons. The lowest BCUT2D eigenvalue weighted by Gasteiger charge is -2.19. The quantitative estimate of drug-likeness (QED) is 0.928. The normalized spacial score (nSPS) is 11.8. The maximum Gasteiger partial charge on any atom is 0.142 e. The summed E-state index contributed by atoms with van der Waals surface area (Å²) < 4.78 is 0. The molecule has 102 valence electrons. The molecule has 0 aliphatic rings. The van der Waals surface area contributed by atoms with Gasteiger partial charge in [-0.2, -0.15) is 0 Å². The summed E-state index contributed by atoms with van der Waals surface area (Å²) >= 11 is 7.53. The summed E-state index contributed by atoms with van der Waals surface area (Å²) in [6, 6.07) is 3.75. The van der Waals surface area contributed by atoms with Crippen molar-refractivity contribution in [2.45, 2.75) is 39.8 Å². The summed E-state index contributed by atoms with van der Waals surface area (Å²) in [4.78, 5) is 10.1. The van der Waals surface area contributed by atoms with Crippen molar-refractivity contribution in [2.24, 2.45) is 0 Å². The lowest BCUT2D eigenvalue weighted by molar-refractivity contribution is 0.425. The summed E-state index contributed by atoms with van der Waals surface area (Å²) in [5.74, 6) is 0. The molecule has 0 fully saturated rings. The predicted octanol–water partition coefficient (Wildman–Crippen LogP) is 4.06. The van der Waals surface area contributed by atoms with Crippen LogP contribution in [0.15, 0.2) is 18.3 Å². The van der Waals surface area contributed by atoms with Gasteiger partial charge in [-0.15, -0.1) is 11.3 Å². The van der Waals surface area contributed by atoms with E-state index in [4.69, 9.17) is 11.6 Å². The molecular weight excluding hydrogens is 278 g/mol. The maximum absolute atomic E-state index is 5.85. The summed E-state index contributed by atoms with van der Waals surface area (Å²) in [6.07, 6.45) is 1.65. The molecule has 0 saturated heterocycles. The van der Waals surface area contributed by atoms with Gasteiger partial charge in [0.2, 0.25) is 0 Å². The average molecular weight is 296 g/mol. The zero-order valence-electron chi connectivity index (χ0n) is 11.6. The highest BCUT2D eigenvalue weighted by atomic mass is 35.5. The Balaban J connectivity index is 2.19. The first kappa shape index (κ1) is 14.4. The van der Waals surface area contributed by atoms with E-state index >= 15 is 0 Å². The van der Waals surface area contributed by atoms with Crippen LogP contribution in [0, 0.1) is 6.92 Å². The predicted molar refractivity (Wildman–Crippen MR) is 81.7 cm³/mol. The topological polar surface area (TPSA) is 37.8 Å². The van der Waals surface area contributed by atoms with Gasteiger partial charge in [0.1, 0.15) is 5.01 Å². The zero-order valence-corrected chi connectivity index (χ0v) is 13.2. The standard InChI is InChI=1S/C14H18ClN3S/c1-9-12(8-17-14(2,3)4)19-13(18-9)11-6-5-10(15)7-16-11/h5-7,17H,8H2,1-4H3. The molecule has 2 aromatic heterocycles. The SMILES string of the molecule is Cc1nc(-c2ccc(Cl)cn2)sc1CNC(C)(C)C. The fourth-order valence-electron chi connectivity index (χ4n) is 1.55. The van der Waals surface area contributed by atoms with E-state index in [1.807, 2.05) is 19.1 Å². The van der Waals surface area contributed by atoms with Gasteiger partial charge in [-0.1, -0.05) is 11.6 Å². The third kappa shape index (κ3) is 4.00. The van der Waals surface area contributed by atoms with E-state index < -0.39 is 0 Å². The molecule has 0 aromatic carbocycles. The van der Waals surface area contributed by atoms with Crippen molar-refractivity contribution < 1.29 is 0 Å². The van der Waals surface area contributed by atoms with E-state index in [1.54, 1.807) is 17.5 Å². The molecule has 1 N–H and O–H groups in total. The van der Waals surface area contributed by atoms with E-state index in [1.165, 1.54) is 4.88 Å². The Bertz CT molecular complexity index is 555. The second-order valence-electron chi connectivity index (χ2n) is 5.49. The number of rotatable bonds is 3. The Hall–Kier alpha value is -0.970. The van der Waals surface area contributed by atoms with Crippen LogP contribution >= 0.6 is 22.9 Å². The molecule has 0 atom stereocenters.